The van der Waals surface area contributed by atoms with E-state index in [9.17, 15) is 41.0 Å². The van der Waals surface area contributed by atoms with Gasteiger partial charge >= 0.3 is 24.4 Å². The minimum absolute atomic E-state index is 0.0167. The lowest BCUT2D eigenvalue weighted by atomic mass is 9.65. The summed E-state index contributed by atoms with van der Waals surface area (Å²) in [4.78, 5) is 30.4. The number of aryl methyl sites for hydroxylation is 1. The van der Waals surface area contributed by atoms with Crippen LogP contribution in [-0.4, -0.2) is 46.7 Å². The third kappa shape index (κ3) is 6.98. The van der Waals surface area contributed by atoms with Crippen LogP contribution in [0.25, 0.3) is 16.7 Å². The highest BCUT2D eigenvalue weighted by Crippen LogP contribution is 2.50. The molecule has 1 fully saturated rings. The fourth-order valence-corrected chi connectivity index (χ4v) is 6.68. The molecule has 1 aliphatic heterocycles. The second-order valence-electron chi connectivity index (χ2n) is 13.3. The van der Waals surface area contributed by atoms with Crippen molar-refractivity contribution < 1.29 is 50.5 Å². The number of carbonyl (C=O) groups excluding carboxylic acids is 1. The molecule has 1 aliphatic carbocycles. The van der Waals surface area contributed by atoms with Crippen molar-refractivity contribution in [2.45, 2.75) is 72.0 Å². The van der Waals surface area contributed by atoms with Gasteiger partial charge in [0.15, 0.2) is 0 Å². The predicted octanol–water partition coefficient (Wildman–Crippen LogP) is 9.59. The van der Waals surface area contributed by atoms with Gasteiger partial charge in [-0.15, -0.1) is 0 Å². The normalized spacial score (nSPS) is 21.2. The molecule has 49 heavy (non-hydrogen) atoms. The number of carboxylic acids is 1. The van der Waals surface area contributed by atoms with Crippen molar-refractivity contribution >= 4 is 17.6 Å². The van der Waals surface area contributed by atoms with Gasteiger partial charge in [0.2, 0.25) is 0 Å². The van der Waals surface area contributed by atoms with Crippen LogP contribution < -0.4 is 4.74 Å². The average molecular weight is 691 g/mol. The van der Waals surface area contributed by atoms with Crippen LogP contribution in [0.5, 0.6) is 5.75 Å². The summed E-state index contributed by atoms with van der Waals surface area (Å²) in [7, 11) is 1.53. The molecule has 5 rings (SSSR count). The number of benzene rings is 2. The molecule has 0 bridgehead atoms. The number of hydrogen-bond donors (Lipinski definition) is 1. The Kier molecular flexibility index (Phi) is 9.28. The van der Waals surface area contributed by atoms with Gasteiger partial charge in [0, 0.05) is 23.4 Å². The Bertz CT molecular complexity index is 1800. The molecule has 7 nitrogen and oxygen atoms in total. The first-order valence-corrected chi connectivity index (χ1v) is 15.6. The van der Waals surface area contributed by atoms with Crippen molar-refractivity contribution in [3.05, 3.63) is 87.7 Å². The summed E-state index contributed by atoms with van der Waals surface area (Å²) in [5, 5.41) is 9.36. The summed E-state index contributed by atoms with van der Waals surface area (Å²) < 4.78 is 93.1. The number of ether oxygens (including phenoxy) is 2. The maximum Gasteiger partial charge on any atom is 0.416 e. The molecule has 1 aromatic heterocycles. The van der Waals surface area contributed by atoms with Crippen LogP contribution >= 0.6 is 0 Å². The molecular weight excluding hydrogens is 654 g/mol. The highest BCUT2D eigenvalue weighted by molar-refractivity contribution is 5.86. The Hall–Kier alpha value is -4.55. The summed E-state index contributed by atoms with van der Waals surface area (Å²) in [6, 6.07) is 8.98. The zero-order valence-electron chi connectivity index (χ0n) is 27.7. The van der Waals surface area contributed by atoms with Crippen molar-refractivity contribution in [2.24, 2.45) is 11.3 Å². The minimum atomic E-state index is -5.05. The highest BCUT2D eigenvalue weighted by atomic mass is 19.4. The lowest BCUT2D eigenvalue weighted by molar-refractivity contribution is -0.143. The maximum absolute atomic E-state index is 13.6. The molecule has 13 heteroatoms. The third-order valence-corrected chi connectivity index (χ3v) is 9.91. The molecule has 0 spiro atoms. The number of cyclic esters (lactones) is 1. The Morgan fingerprint density at radius 2 is 1.63 bits per heavy atom. The van der Waals surface area contributed by atoms with Crippen molar-refractivity contribution in [2.75, 3.05) is 13.7 Å². The molecule has 262 valence electrons. The van der Waals surface area contributed by atoms with Crippen molar-refractivity contribution in [1.82, 2.24) is 9.88 Å². The van der Waals surface area contributed by atoms with Gasteiger partial charge < -0.3 is 14.6 Å². The molecule has 2 aromatic carbocycles. The molecule has 1 amide bonds. The van der Waals surface area contributed by atoms with Crippen LogP contribution in [0, 0.1) is 18.3 Å². The minimum Gasteiger partial charge on any atom is -0.496 e. The van der Waals surface area contributed by atoms with E-state index in [1.54, 1.807) is 26.0 Å². The summed E-state index contributed by atoms with van der Waals surface area (Å²) >= 11 is 0. The van der Waals surface area contributed by atoms with Crippen LogP contribution in [-0.2, 0) is 17.1 Å². The SMILES string of the molecule is COc1ccc(-c2ccc(C(=O)O)nc2C)cc1C1=C(CN2C(=O)O[C@H](c3cc(C(F)(F)F)cc(C(F)(F)F)c3)[C@@H]2C)C(C)C(C)(C)CC1. The van der Waals surface area contributed by atoms with Crippen LogP contribution in [0.2, 0.25) is 0 Å². The number of allylic oxidation sites excluding steroid dienone is 1. The van der Waals surface area contributed by atoms with E-state index in [0.717, 1.165) is 28.7 Å². The third-order valence-electron chi connectivity index (χ3n) is 9.91. The molecule has 2 heterocycles. The van der Waals surface area contributed by atoms with E-state index in [1.807, 2.05) is 19.1 Å². The van der Waals surface area contributed by atoms with Crippen LogP contribution in [0.3, 0.4) is 0 Å². The number of pyridine rings is 1. The maximum atomic E-state index is 13.6. The van der Waals surface area contributed by atoms with Crippen molar-refractivity contribution in [1.29, 1.82) is 0 Å². The predicted molar refractivity (Wildman–Crippen MR) is 169 cm³/mol. The number of aromatic carboxylic acids is 1. The molecule has 1 N–H and O–H groups in total. The molecule has 1 saturated heterocycles. The summed E-state index contributed by atoms with van der Waals surface area (Å²) in [6.45, 7) is 9.48. The van der Waals surface area contributed by atoms with E-state index in [4.69, 9.17) is 9.47 Å². The van der Waals surface area contributed by atoms with E-state index in [1.165, 1.54) is 18.1 Å². The van der Waals surface area contributed by atoms with Crippen LogP contribution in [0.4, 0.5) is 31.1 Å². The number of nitrogens with zero attached hydrogens (tertiary/aromatic N) is 2. The number of aromatic nitrogens is 1. The molecule has 0 radical (unpaired) electrons. The number of rotatable bonds is 7. The smallest absolute Gasteiger partial charge is 0.416 e. The first-order valence-electron chi connectivity index (χ1n) is 15.6. The number of halogens is 6. The number of carboxylic acid groups (broad SMARTS) is 1. The van der Waals surface area contributed by atoms with Crippen LogP contribution in [0.15, 0.2) is 54.1 Å². The molecular formula is C36H36F6N2O5. The Morgan fingerprint density at radius 3 is 2.18 bits per heavy atom. The van der Waals surface area contributed by atoms with E-state index in [2.05, 4.69) is 18.8 Å². The molecule has 2 aliphatic rings. The van der Waals surface area contributed by atoms with E-state index >= 15 is 0 Å². The topological polar surface area (TPSA) is 89.0 Å². The van der Waals surface area contributed by atoms with Gasteiger partial charge in [-0.1, -0.05) is 32.9 Å². The Morgan fingerprint density at radius 1 is 1.00 bits per heavy atom. The van der Waals surface area contributed by atoms with Gasteiger partial charge in [-0.2, -0.15) is 26.3 Å². The Balaban J connectivity index is 1.58. The number of methoxy groups -OCH3 is 1. The van der Waals surface area contributed by atoms with Gasteiger partial charge in [-0.25, -0.2) is 14.6 Å². The van der Waals surface area contributed by atoms with E-state index in [-0.39, 0.29) is 29.6 Å². The lowest BCUT2D eigenvalue weighted by Gasteiger charge is -2.41. The number of hydrogen-bond acceptors (Lipinski definition) is 5. The fourth-order valence-electron chi connectivity index (χ4n) is 6.68. The van der Waals surface area contributed by atoms with Crippen molar-refractivity contribution in [3.8, 4) is 16.9 Å². The highest BCUT2D eigenvalue weighted by Gasteiger charge is 2.45. The number of amides is 1. The van der Waals surface area contributed by atoms with Crippen LogP contribution in [0.1, 0.15) is 85.1 Å². The first kappa shape index (κ1) is 35.7. The molecule has 1 unspecified atom stereocenters. The van der Waals surface area contributed by atoms with Gasteiger partial charge in [0.1, 0.15) is 17.5 Å². The zero-order chi connectivity index (χ0) is 36.2. The first-order chi connectivity index (χ1) is 22.7. The Labute approximate surface area is 279 Å². The second kappa shape index (κ2) is 12.7. The van der Waals surface area contributed by atoms with E-state index < -0.39 is 53.3 Å². The fraction of sp³-hybridized carbons (Fsp3) is 0.417. The average Bonchev–Trinajstić information content (AvgIpc) is 3.30. The standard InChI is InChI=1S/C36H36F6N2O5/c1-18-28(17-44-20(3)31(49-33(44)47)22-13-23(35(37,38)39)16-24(14-22)36(40,41)42)26(11-12-34(18,4)5)27-15-21(7-10-30(27)48-6)25-8-9-29(32(45)46)43-19(25)2/h7-10,13-16,18,20,31H,11-12,17H2,1-6H3,(H,45,46)/t18?,20-,31-/m0/s1. The largest absolute Gasteiger partial charge is 0.496 e. The monoisotopic (exact) mass is 690 g/mol. The lowest BCUT2D eigenvalue weighted by Crippen LogP contribution is -2.38. The van der Waals surface area contributed by atoms with Crippen molar-refractivity contribution in [3.63, 3.8) is 0 Å². The molecule has 0 saturated carbocycles. The van der Waals surface area contributed by atoms with Gasteiger partial charge in [-0.3, -0.25) is 4.90 Å². The molecule has 3 atom stereocenters. The number of carbonyl (C=O) groups is 2. The van der Waals surface area contributed by atoms with E-state index in [0.29, 0.717) is 35.6 Å². The zero-order valence-corrected chi connectivity index (χ0v) is 27.7. The quantitative estimate of drug-likeness (QED) is 0.249. The van der Waals surface area contributed by atoms with Gasteiger partial charge in [-0.05, 0) is 96.7 Å². The summed E-state index contributed by atoms with van der Waals surface area (Å²) in [6.07, 6.45) is -11.0. The van der Waals surface area contributed by atoms with Gasteiger partial charge in [0.05, 0.1) is 24.3 Å². The summed E-state index contributed by atoms with van der Waals surface area (Å²) in [5.41, 5.74) is 0.772. The number of alkyl halides is 6. The second-order valence-corrected chi connectivity index (χ2v) is 13.3. The summed E-state index contributed by atoms with van der Waals surface area (Å²) in [5.74, 6) is -0.703. The molecule has 3 aromatic rings. The van der Waals surface area contributed by atoms with Gasteiger partial charge in [0.25, 0.3) is 0 Å².